The molecule has 0 bridgehead atoms. The molecule has 23 heavy (non-hydrogen) atoms. The molecule has 1 aliphatic carbocycles. The molecule has 1 fully saturated rings. The van der Waals surface area contributed by atoms with Crippen LogP contribution in [0.4, 0.5) is 4.39 Å². The third kappa shape index (κ3) is 2.95. The summed E-state index contributed by atoms with van der Waals surface area (Å²) in [6.07, 6.45) is 5.33. The van der Waals surface area contributed by atoms with Crippen molar-refractivity contribution in [1.82, 2.24) is 0 Å². The first-order valence-electron chi connectivity index (χ1n) is 7.93. The van der Waals surface area contributed by atoms with E-state index in [-0.39, 0.29) is 30.2 Å². The summed E-state index contributed by atoms with van der Waals surface area (Å²) in [4.78, 5) is 12.2. The van der Waals surface area contributed by atoms with E-state index in [4.69, 9.17) is 9.47 Å². The van der Waals surface area contributed by atoms with Crippen LogP contribution in [-0.2, 0) is 20.7 Å². The minimum absolute atomic E-state index is 0.0787. The standard InChI is InChI=1S/C19H21FO3/c1-3-4-15-11-19(18(10-17(15)21)22-12-23-19)13(2)9-14-5-7-16(20)8-6-14/h3,5-8,10,13,15H,1,4,9,11-12H2,2H3/t13?,15-,19+/m0/s1. The Hall–Kier alpha value is -1.94. The number of allylic oxidation sites excluding steroid dienone is 2. The molecular formula is C19H21FO3. The Kier molecular flexibility index (Phi) is 4.35. The van der Waals surface area contributed by atoms with Gasteiger partial charge in [-0.2, -0.15) is 0 Å². The summed E-state index contributed by atoms with van der Waals surface area (Å²) in [7, 11) is 0. The monoisotopic (exact) mass is 316 g/mol. The van der Waals surface area contributed by atoms with Crippen LogP contribution in [0.1, 0.15) is 25.3 Å². The molecular weight excluding hydrogens is 295 g/mol. The molecule has 1 saturated heterocycles. The van der Waals surface area contributed by atoms with Gasteiger partial charge in [-0.3, -0.25) is 4.79 Å². The van der Waals surface area contributed by atoms with E-state index >= 15 is 0 Å². The Labute approximate surface area is 135 Å². The molecule has 3 atom stereocenters. The van der Waals surface area contributed by atoms with Crippen molar-refractivity contribution in [1.29, 1.82) is 0 Å². The Morgan fingerprint density at radius 2 is 2.17 bits per heavy atom. The smallest absolute Gasteiger partial charge is 0.189 e. The zero-order chi connectivity index (χ0) is 16.4. The van der Waals surface area contributed by atoms with Gasteiger partial charge in [0, 0.05) is 12.0 Å². The molecule has 0 saturated carbocycles. The maximum Gasteiger partial charge on any atom is 0.189 e. The summed E-state index contributed by atoms with van der Waals surface area (Å²) in [5, 5.41) is 0. The normalized spacial score (nSPS) is 27.8. The molecule has 1 aromatic carbocycles. The summed E-state index contributed by atoms with van der Waals surface area (Å²) in [6, 6.07) is 6.51. The number of carbonyl (C=O) groups is 1. The maximum atomic E-state index is 13.1. The zero-order valence-electron chi connectivity index (χ0n) is 13.3. The Morgan fingerprint density at radius 1 is 1.43 bits per heavy atom. The first kappa shape index (κ1) is 15.9. The fraction of sp³-hybridized carbons (Fsp3) is 0.421. The lowest BCUT2D eigenvalue weighted by atomic mass is 9.71. The summed E-state index contributed by atoms with van der Waals surface area (Å²) in [6.45, 7) is 6.00. The lowest BCUT2D eigenvalue weighted by molar-refractivity contribution is -0.123. The number of carbonyl (C=O) groups excluding carboxylic acids is 1. The summed E-state index contributed by atoms with van der Waals surface area (Å²) < 4.78 is 24.6. The number of hydrogen-bond acceptors (Lipinski definition) is 3. The van der Waals surface area contributed by atoms with Crippen LogP contribution in [0.3, 0.4) is 0 Å². The van der Waals surface area contributed by atoms with Gasteiger partial charge in [-0.05, 0) is 42.9 Å². The van der Waals surface area contributed by atoms with Gasteiger partial charge in [-0.15, -0.1) is 6.58 Å². The number of halogens is 1. The highest BCUT2D eigenvalue weighted by Crippen LogP contribution is 2.46. The van der Waals surface area contributed by atoms with Gasteiger partial charge < -0.3 is 9.47 Å². The van der Waals surface area contributed by atoms with Crippen molar-refractivity contribution < 1.29 is 18.7 Å². The fourth-order valence-corrected chi connectivity index (χ4v) is 3.55. The van der Waals surface area contributed by atoms with Gasteiger partial charge in [0.15, 0.2) is 12.6 Å². The van der Waals surface area contributed by atoms with Gasteiger partial charge in [0.25, 0.3) is 0 Å². The molecule has 1 aliphatic heterocycles. The molecule has 4 heteroatoms. The van der Waals surface area contributed by atoms with E-state index in [1.54, 1.807) is 24.3 Å². The van der Waals surface area contributed by atoms with Crippen LogP contribution < -0.4 is 0 Å². The van der Waals surface area contributed by atoms with E-state index in [0.29, 0.717) is 18.6 Å². The van der Waals surface area contributed by atoms with Crippen molar-refractivity contribution in [3.05, 3.63) is 60.1 Å². The molecule has 0 N–H and O–H groups in total. The van der Waals surface area contributed by atoms with Crippen LogP contribution in [0.2, 0.25) is 0 Å². The summed E-state index contributed by atoms with van der Waals surface area (Å²) in [5.74, 6) is 0.470. The summed E-state index contributed by atoms with van der Waals surface area (Å²) in [5.41, 5.74) is 0.469. The molecule has 3 rings (SSSR count). The largest absolute Gasteiger partial charge is 0.469 e. The van der Waals surface area contributed by atoms with Gasteiger partial charge >= 0.3 is 0 Å². The van der Waals surface area contributed by atoms with Crippen molar-refractivity contribution >= 4 is 5.78 Å². The van der Waals surface area contributed by atoms with Crippen molar-refractivity contribution in [2.45, 2.75) is 31.8 Å². The Morgan fingerprint density at radius 3 is 2.87 bits per heavy atom. The Bertz CT molecular complexity index is 635. The lowest BCUT2D eigenvalue weighted by Crippen LogP contribution is -2.44. The number of ether oxygens (including phenoxy) is 2. The number of hydrogen-bond donors (Lipinski definition) is 0. The predicted octanol–water partition coefficient (Wildman–Crippen LogP) is 3.80. The van der Waals surface area contributed by atoms with Crippen LogP contribution in [0, 0.1) is 17.7 Å². The van der Waals surface area contributed by atoms with Crippen LogP contribution in [0.15, 0.2) is 48.8 Å². The highest BCUT2D eigenvalue weighted by atomic mass is 19.1. The maximum absolute atomic E-state index is 13.1. The lowest BCUT2D eigenvalue weighted by Gasteiger charge is -2.38. The van der Waals surface area contributed by atoms with Gasteiger partial charge in [0.2, 0.25) is 0 Å². The number of rotatable bonds is 5. The molecule has 1 aromatic rings. The molecule has 3 nitrogen and oxygen atoms in total. The molecule has 0 amide bonds. The van der Waals surface area contributed by atoms with Gasteiger partial charge in [-0.25, -0.2) is 4.39 Å². The first-order chi connectivity index (χ1) is 11.0. The minimum atomic E-state index is -0.573. The second-order valence-corrected chi connectivity index (χ2v) is 6.36. The van der Waals surface area contributed by atoms with Crippen molar-refractivity contribution in [3.63, 3.8) is 0 Å². The first-order valence-corrected chi connectivity index (χ1v) is 7.93. The molecule has 1 unspecified atom stereocenters. The average Bonchev–Trinajstić information content (AvgIpc) is 2.94. The van der Waals surface area contributed by atoms with E-state index in [0.717, 1.165) is 12.0 Å². The third-order valence-electron chi connectivity index (χ3n) is 4.88. The van der Waals surface area contributed by atoms with Crippen LogP contribution >= 0.6 is 0 Å². The molecule has 0 radical (unpaired) electrons. The number of fused-ring (bicyclic) bond motifs is 1. The second kappa shape index (κ2) is 6.28. The van der Waals surface area contributed by atoms with Crippen LogP contribution in [0.5, 0.6) is 0 Å². The van der Waals surface area contributed by atoms with Gasteiger partial charge in [0.05, 0.1) is 0 Å². The second-order valence-electron chi connectivity index (χ2n) is 6.36. The van der Waals surface area contributed by atoms with Crippen molar-refractivity contribution in [2.24, 2.45) is 11.8 Å². The molecule has 2 aliphatic rings. The fourth-order valence-electron chi connectivity index (χ4n) is 3.55. The molecule has 0 aromatic heterocycles. The number of benzene rings is 1. The summed E-state index contributed by atoms with van der Waals surface area (Å²) >= 11 is 0. The van der Waals surface area contributed by atoms with Gasteiger partial charge in [-0.1, -0.05) is 25.1 Å². The highest BCUT2D eigenvalue weighted by molar-refractivity contribution is 5.93. The highest BCUT2D eigenvalue weighted by Gasteiger charge is 2.51. The van der Waals surface area contributed by atoms with Crippen LogP contribution in [-0.4, -0.2) is 18.2 Å². The van der Waals surface area contributed by atoms with Gasteiger partial charge in [0.1, 0.15) is 17.2 Å². The SMILES string of the molecule is C=CC[C@H]1C[C@]2(C(C)Cc3ccc(F)cc3)OCOC2=CC1=O. The van der Waals surface area contributed by atoms with E-state index < -0.39 is 5.60 Å². The zero-order valence-corrected chi connectivity index (χ0v) is 13.3. The van der Waals surface area contributed by atoms with Crippen molar-refractivity contribution in [2.75, 3.05) is 6.79 Å². The topological polar surface area (TPSA) is 35.5 Å². The minimum Gasteiger partial charge on any atom is -0.469 e. The van der Waals surface area contributed by atoms with E-state index in [9.17, 15) is 9.18 Å². The predicted molar refractivity (Wildman–Crippen MR) is 85.0 cm³/mol. The number of ketones is 1. The van der Waals surface area contributed by atoms with Crippen molar-refractivity contribution in [3.8, 4) is 0 Å². The third-order valence-corrected chi connectivity index (χ3v) is 4.88. The quantitative estimate of drug-likeness (QED) is 0.775. The van der Waals surface area contributed by atoms with E-state index in [1.807, 2.05) is 0 Å². The van der Waals surface area contributed by atoms with Crippen LogP contribution in [0.25, 0.3) is 0 Å². The molecule has 1 heterocycles. The van der Waals surface area contributed by atoms with E-state index in [1.165, 1.54) is 12.1 Å². The Balaban J connectivity index is 1.85. The average molecular weight is 316 g/mol. The molecule has 122 valence electrons. The van der Waals surface area contributed by atoms with E-state index in [2.05, 4.69) is 13.5 Å². The molecule has 0 spiro atoms.